The Balaban J connectivity index is 0.00000106. The normalized spacial score (nSPS) is 9.70. The number of hydrogen-bond donors (Lipinski definition) is 1. The number of aromatic nitrogens is 4. The van der Waals surface area contributed by atoms with Gasteiger partial charge < -0.3 is 10.1 Å². The van der Waals surface area contributed by atoms with Crippen LogP contribution in [0.3, 0.4) is 0 Å². The molecule has 0 aliphatic carbocycles. The van der Waals surface area contributed by atoms with Gasteiger partial charge in [-0.15, -0.1) is 0 Å². The van der Waals surface area contributed by atoms with Crippen LogP contribution in [0.1, 0.15) is 34.6 Å². The highest BCUT2D eigenvalue weighted by atomic mass is 79.9. The fourth-order valence-corrected chi connectivity index (χ4v) is 2.40. The van der Waals surface area contributed by atoms with Crippen LogP contribution in [0.15, 0.2) is 36.6 Å². The number of ether oxygens (including phenoxy) is 1. The maximum absolute atomic E-state index is 13.4. The number of halogens is 2. The van der Waals surface area contributed by atoms with Crippen LogP contribution in [0.2, 0.25) is 0 Å². The van der Waals surface area contributed by atoms with Crippen LogP contribution in [0.4, 0.5) is 4.39 Å². The molecular weight excluding hydrogens is 465 g/mol. The number of nitrogens with zero attached hydrogens (tertiary/aromatic N) is 4. The molecule has 0 aliphatic rings. The Morgan fingerprint density at radius 2 is 1.93 bits per heavy atom. The zero-order chi connectivity index (χ0) is 22.7. The van der Waals surface area contributed by atoms with Gasteiger partial charge in [0.25, 0.3) is 5.88 Å². The lowest BCUT2D eigenvalue weighted by atomic mass is 10.3. The van der Waals surface area contributed by atoms with E-state index in [1.807, 2.05) is 27.7 Å². The second-order valence-electron chi connectivity index (χ2n) is 4.96. The minimum atomic E-state index is -0.814. The molecule has 0 saturated carbocycles. The van der Waals surface area contributed by atoms with Crippen molar-refractivity contribution in [2.45, 2.75) is 34.6 Å². The van der Waals surface area contributed by atoms with Crippen molar-refractivity contribution in [3.8, 4) is 23.1 Å². The fourth-order valence-electron chi connectivity index (χ4n) is 2.04. The Morgan fingerprint density at radius 3 is 2.57 bits per heavy atom. The van der Waals surface area contributed by atoms with Crippen LogP contribution in [0.25, 0.3) is 17.2 Å². The van der Waals surface area contributed by atoms with Gasteiger partial charge in [-0.2, -0.15) is 0 Å². The summed E-state index contributed by atoms with van der Waals surface area (Å²) < 4.78 is 29.4. The van der Waals surface area contributed by atoms with Crippen molar-refractivity contribution < 1.29 is 23.1 Å². The zero-order valence-corrected chi connectivity index (χ0v) is 18.8. The Kier molecular flexibility index (Phi) is 10.4. The summed E-state index contributed by atoms with van der Waals surface area (Å²) in [5, 5.41) is 13.5. The second-order valence-corrected chi connectivity index (χ2v) is 5.81. The summed E-state index contributed by atoms with van der Waals surface area (Å²) in [5.41, 5.74) is 0.297. The van der Waals surface area contributed by atoms with E-state index in [9.17, 15) is 14.0 Å². The molecule has 0 bridgehead atoms. The van der Waals surface area contributed by atoms with Gasteiger partial charge in [0.15, 0.2) is 0 Å². The van der Waals surface area contributed by atoms with Gasteiger partial charge in [-0.1, -0.05) is 32.9 Å². The lowest BCUT2D eigenvalue weighted by molar-refractivity contribution is -0.119. The Labute approximate surface area is 180 Å². The van der Waals surface area contributed by atoms with Gasteiger partial charge in [0.2, 0.25) is 17.4 Å². The average molecular weight is 488 g/mol. The van der Waals surface area contributed by atoms with Crippen molar-refractivity contribution in [2.75, 3.05) is 13.2 Å². The average Bonchev–Trinajstić information content (AvgIpc) is 3.36. The van der Waals surface area contributed by atoms with Gasteiger partial charge in [-0.3, -0.25) is 9.32 Å². The highest BCUT2D eigenvalue weighted by molar-refractivity contribution is 9.10. The van der Waals surface area contributed by atoms with Crippen molar-refractivity contribution in [1.29, 1.82) is 0 Å². The maximum atomic E-state index is 13.4. The third kappa shape index (κ3) is 6.24. The second kappa shape index (κ2) is 12.5. The fraction of sp³-hybridized carbons (Fsp3) is 0.389. The van der Waals surface area contributed by atoms with Crippen molar-refractivity contribution >= 4 is 21.8 Å². The van der Waals surface area contributed by atoms with Gasteiger partial charge in [0.05, 0.1) is 16.7 Å². The van der Waals surface area contributed by atoms with Crippen LogP contribution < -0.4 is 15.8 Å². The molecule has 2 aromatic heterocycles. The standard InChI is InChI=1S/C14H11BrFN5O5.2C2H6/c1-7(22)17-4-5-24-13-11(18-26-20-13)12-19-25-14(23)21(12)8-2-3-10(16)9(15)6-8;2*1-2/h2-3,6H,4-5H2,1H3,(H,17,22);2*1-2H3. The van der Waals surface area contributed by atoms with Crippen molar-refractivity contribution in [2.24, 2.45) is 0 Å². The van der Waals surface area contributed by atoms with E-state index in [0.29, 0.717) is 0 Å². The zero-order valence-electron chi connectivity index (χ0n) is 17.2. The molecule has 0 atom stereocenters. The monoisotopic (exact) mass is 487 g/mol. The third-order valence-corrected chi connectivity index (χ3v) is 3.76. The smallest absolute Gasteiger partial charge is 0.446 e. The lowest BCUT2D eigenvalue weighted by Crippen LogP contribution is -2.25. The molecular formula is C18H23BrFN5O5. The summed E-state index contributed by atoms with van der Waals surface area (Å²) in [6.07, 6.45) is 0. The summed E-state index contributed by atoms with van der Waals surface area (Å²) in [6.45, 7) is 9.70. The number of nitrogens with one attached hydrogen (secondary N) is 1. The molecule has 1 aromatic carbocycles. The summed E-state index contributed by atoms with van der Waals surface area (Å²) >= 11 is 3.05. The number of carbonyl (C=O) groups excluding carboxylic acids is 1. The van der Waals surface area contributed by atoms with E-state index < -0.39 is 11.6 Å². The number of hydrogen-bond acceptors (Lipinski definition) is 8. The number of carbonyl (C=O) groups is 1. The molecule has 1 N–H and O–H groups in total. The first-order chi connectivity index (χ1) is 14.5. The topological polar surface area (TPSA) is 125 Å². The molecule has 0 radical (unpaired) electrons. The van der Waals surface area contributed by atoms with Crippen molar-refractivity contribution in [1.82, 2.24) is 25.4 Å². The van der Waals surface area contributed by atoms with E-state index in [0.717, 1.165) is 4.57 Å². The molecule has 1 amide bonds. The van der Waals surface area contributed by atoms with E-state index in [-0.39, 0.29) is 46.6 Å². The molecule has 0 spiro atoms. The van der Waals surface area contributed by atoms with E-state index in [1.54, 1.807) is 0 Å². The predicted octanol–water partition coefficient (Wildman–Crippen LogP) is 3.34. The Hall–Kier alpha value is -3.02. The van der Waals surface area contributed by atoms with E-state index in [1.165, 1.54) is 25.1 Å². The summed E-state index contributed by atoms with van der Waals surface area (Å²) in [7, 11) is 0. The highest BCUT2D eigenvalue weighted by Gasteiger charge is 2.24. The van der Waals surface area contributed by atoms with Gasteiger partial charge >= 0.3 is 5.76 Å². The molecule has 0 saturated heterocycles. The Morgan fingerprint density at radius 1 is 1.23 bits per heavy atom. The molecule has 0 aliphatic heterocycles. The lowest BCUT2D eigenvalue weighted by Gasteiger charge is -2.06. The molecule has 3 aromatic rings. The van der Waals surface area contributed by atoms with Gasteiger partial charge in [0.1, 0.15) is 12.4 Å². The summed E-state index contributed by atoms with van der Waals surface area (Å²) in [6, 6.07) is 3.92. The molecule has 3 rings (SSSR count). The number of benzene rings is 1. The van der Waals surface area contributed by atoms with Crippen molar-refractivity contribution in [3.63, 3.8) is 0 Å². The van der Waals surface area contributed by atoms with Gasteiger partial charge in [-0.25, -0.2) is 18.4 Å². The molecule has 10 nitrogen and oxygen atoms in total. The minimum absolute atomic E-state index is 0.0131. The van der Waals surface area contributed by atoms with E-state index in [4.69, 9.17) is 4.74 Å². The molecule has 12 heteroatoms. The predicted molar refractivity (Wildman–Crippen MR) is 110 cm³/mol. The van der Waals surface area contributed by atoms with Crippen LogP contribution in [0.5, 0.6) is 5.88 Å². The van der Waals surface area contributed by atoms with Crippen LogP contribution in [-0.4, -0.2) is 39.1 Å². The molecule has 30 heavy (non-hydrogen) atoms. The third-order valence-electron chi connectivity index (χ3n) is 3.15. The SMILES string of the molecule is CC.CC.CC(=O)NCCOc1nonc1-c1noc(=O)n1-c1ccc(F)c(Br)c1. The summed E-state index contributed by atoms with van der Waals surface area (Å²) in [5.74, 6) is -1.60. The van der Waals surface area contributed by atoms with Crippen LogP contribution >= 0.6 is 15.9 Å². The molecule has 2 heterocycles. The van der Waals surface area contributed by atoms with Gasteiger partial charge in [-0.05, 0) is 44.4 Å². The first-order valence-corrected chi connectivity index (χ1v) is 10.0. The molecule has 0 fully saturated rings. The maximum Gasteiger partial charge on any atom is 0.446 e. The quantitative estimate of drug-likeness (QED) is 0.524. The van der Waals surface area contributed by atoms with E-state index >= 15 is 0 Å². The molecule has 0 unspecified atom stereocenters. The summed E-state index contributed by atoms with van der Waals surface area (Å²) in [4.78, 5) is 22.9. The van der Waals surface area contributed by atoms with Gasteiger partial charge in [0, 0.05) is 6.92 Å². The van der Waals surface area contributed by atoms with Crippen LogP contribution in [-0.2, 0) is 4.79 Å². The number of rotatable bonds is 6. The van der Waals surface area contributed by atoms with Crippen LogP contribution in [0, 0.1) is 5.82 Å². The minimum Gasteiger partial charge on any atom is -0.472 e. The first-order valence-electron chi connectivity index (χ1n) is 9.21. The first kappa shape index (κ1) is 25.0. The molecule has 164 valence electrons. The van der Waals surface area contributed by atoms with Crippen molar-refractivity contribution in [3.05, 3.63) is 39.0 Å². The number of amides is 1. The largest absolute Gasteiger partial charge is 0.472 e. The Bertz CT molecular complexity index is 1000. The van der Waals surface area contributed by atoms with E-state index in [2.05, 4.69) is 45.9 Å². The highest BCUT2D eigenvalue weighted by Crippen LogP contribution is 2.27.